The van der Waals surface area contributed by atoms with Gasteiger partial charge in [0.2, 0.25) is 5.88 Å². The molecule has 3 aromatic carbocycles. The van der Waals surface area contributed by atoms with Gasteiger partial charge in [-0.1, -0.05) is 60.7 Å². The molecule has 1 amide bonds. The predicted molar refractivity (Wildman–Crippen MR) is 131 cm³/mol. The van der Waals surface area contributed by atoms with Crippen molar-refractivity contribution in [2.24, 2.45) is 9.98 Å². The lowest BCUT2D eigenvalue weighted by molar-refractivity contribution is -0.112. The van der Waals surface area contributed by atoms with Crippen molar-refractivity contribution in [3.05, 3.63) is 104 Å². The van der Waals surface area contributed by atoms with Crippen molar-refractivity contribution in [2.75, 3.05) is 0 Å². The van der Waals surface area contributed by atoms with E-state index in [-0.39, 0.29) is 11.8 Å². The summed E-state index contributed by atoms with van der Waals surface area (Å²) in [4.78, 5) is 23.2. The lowest BCUT2D eigenvalue weighted by Crippen LogP contribution is -2.26. The number of amides is 1. The first-order chi connectivity index (χ1) is 16.0. The highest BCUT2D eigenvalue weighted by Gasteiger charge is 2.26. The molecule has 0 fully saturated rings. The third-order valence-corrected chi connectivity index (χ3v) is 6.76. The monoisotopic (exact) mass is 453 g/mol. The Morgan fingerprint density at radius 2 is 1.73 bits per heavy atom. The number of hydrogen-bond acceptors (Lipinski definition) is 4. The minimum Gasteiger partial charge on any atom is -0.493 e. The molecule has 0 saturated carbocycles. The van der Waals surface area contributed by atoms with Crippen LogP contribution < -0.4 is 15.4 Å². The average molecular weight is 454 g/mol. The molecule has 1 aliphatic heterocycles. The number of para-hydroxylation sites is 1. The second kappa shape index (κ2) is 8.30. The van der Waals surface area contributed by atoms with Crippen molar-refractivity contribution in [3.63, 3.8) is 0 Å². The molecule has 0 radical (unpaired) electrons. The second-order valence-corrected chi connectivity index (χ2v) is 9.10. The van der Waals surface area contributed by atoms with Crippen molar-refractivity contribution < 1.29 is 9.90 Å². The highest BCUT2D eigenvalue weighted by atomic mass is 32.1. The number of carbonyl (C=O) groups excluding carboxylic acids is 1. The molecule has 33 heavy (non-hydrogen) atoms. The van der Waals surface area contributed by atoms with Crippen LogP contribution in [0.5, 0.6) is 5.88 Å². The van der Waals surface area contributed by atoms with Gasteiger partial charge in [-0.3, -0.25) is 9.36 Å². The fraction of sp³-hybridized carbons (Fsp3) is 0.148. The molecule has 1 aromatic heterocycles. The average Bonchev–Trinajstić information content (AvgIpc) is 3.28. The Morgan fingerprint density at radius 1 is 1.00 bits per heavy atom. The van der Waals surface area contributed by atoms with Gasteiger partial charge >= 0.3 is 0 Å². The largest absolute Gasteiger partial charge is 0.493 e. The number of fused-ring (bicyclic) bond motifs is 1. The zero-order chi connectivity index (χ0) is 23.1. The molecular weight excluding hydrogens is 430 g/mol. The van der Waals surface area contributed by atoms with Gasteiger partial charge in [-0.15, -0.1) is 0 Å². The molecule has 2 heterocycles. The molecule has 5 rings (SSSR count). The van der Waals surface area contributed by atoms with Crippen LogP contribution in [0.15, 0.2) is 76.7 Å². The minimum atomic E-state index is -0.332. The molecule has 4 aromatic rings. The normalized spacial score (nSPS) is 13.4. The quantitative estimate of drug-likeness (QED) is 0.507. The summed E-state index contributed by atoms with van der Waals surface area (Å²) >= 11 is 1.29. The Morgan fingerprint density at radius 3 is 2.45 bits per heavy atom. The molecular formula is C27H23N3O2S. The number of carbonyl (C=O) groups is 1. The smallest absolute Gasteiger partial charge is 0.279 e. The number of rotatable bonds is 4. The highest BCUT2D eigenvalue weighted by Crippen LogP contribution is 2.31. The van der Waals surface area contributed by atoms with E-state index in [1.165, 1.54) is 11.3 Å². The van der Waals surface area contributed by atoms with Crippen LogP contribution in [-0.2, 0) is 11.2 Å². The second-order valence-electron chi connectivity index (χ2n) is 8.12. The predicted octanol–water partition coefficient (Wildman–Crippen LogP) is 4.01. The summed E-state index contributed by atoms with van der Waals surface area (Å²) in [6, 6.07) is 21.6. The lowest BCUT2D eigenvalue weighted by Gasteiger charge is -2.07. The van der Waals surface area contributed by atoms with Crippen molar-refractivity contribution >= 4 is 28.5 Å². The van der Waals surface area contributed by atoms with Crippen molar-refractivity contribution in [1.82, 2.24) is 4.57 Å². The molecule has 1 aliphatic rings. The van der Waals surface area contributed by atoms with Gasteiger partial charge in [-0.25, -0.2) is 9.98 Å². The fourth-order valence-corrected chi connectivity index (χ4v) is 5.22. The molecule has 0 atom stereocenters. The first-order valence-electron chi connectivity index (χ1n) is 10.8. The molecule has 164 valence electrons. The summed E-state index contributed by atoms with van der Waals surface area (Å²) in [6.45, 7) is 6.06. The maximum Gasteiger partial charge on any atom is 0.279 e. The summed E-state index contributed by atoms with van der Waals surface area (Å²) in [5, 5.41) is 12.9. The summed E-state index contributed by atoms with van der Waals surface area (Å²) in [5.41, 5.74) is 5.17. The zero-order valence-electron chi connectivity index (χ0n) is 18.7. The number of aryl methyl sites for hydroxylation is 3. The summed E-state index contributed by atoms with van der Waals surface area (Å²) in [6.07, 6.45) is 0.779. The van der Waals surface area contributed by atoms with Crippen molar-refractivity contribution in [3.8, 4) is 11.6 Å². The number of aromatic nitrogens is 1. The topological polar surface area (TPSA) is 67.0 Å². The van der Waals surface area contributed by atoms with E-state index in [1.807, 2.05) is 87.5 Å². The van der Waals surface area contributed by atoms with E-state index in [9.17, 15) is 9.90 Å². The molecule has 0 aliphatic carbocycles. The van der Waals surface area contributed by atoms with Crippen LogP contribution >= 0.6 is 11.3 Å². The number of aromatic hydroxyl groups is 1. The maximum atomic E-state index is 13.0. The van der Waals surface area contributed by atoms with Gasteiger partial charge < -0.3 is 5.11 Å². The van der Waals surface area contributed by atoms with E-state index < -0.39 is 0 Å². The minimum absolute atomic E-state index is 0.00898. The Labute approximate surface area is 195 Å². The van der Waals surface area contributed by atoms with E-state index in [1.54, 1.807) is 4.57 Å². The van der Waals surface area contributed by atoms with Crippen molar-refractivity contribution in [1.29, 1.82) is 0 Å². The zero-order valence-corrected chi connectivity index (χ0v) is 19.5. The maximum absolute atomic E-state index is 13.0. The van der Waals surface area contributed by atoms with E-state index >= 15 is 0 Å². The Hall–Kier alpha value is -3.77. The van der Waals surface area contributed by atoms with Crippen LogP contribution in [0.4, 0.5) is 5.69 Å². The van der Waals surface area contributed by atoms with Crippen LogP contribution in [0, 0.1) is 13.8 Å². The molecule has 0 bridgehead atoms. The number of thiazole rings is 1. The first-order valence-corrected chi connectivity index (χ1v) is 11.7. The lowest BCUT2D eigenvalue weighted by atomic mass is 10.1. The van der Waals surface area contributed by atoms with Crippen molar-refractivity contribution in [2.45, 2.75) is 27.2 Å². The SMILES string of the molecule is CCc1cccc2c1=NC(=O)C=2c1sc(=Nc2cccc(C)c2)n(-c2cccc(C)c2)c1O. The van der Waals surface area contributed by atoms with Gasteiger partial charge in [-0.05, 0) is 61.2 Å². The van der Waals surface area contributed by atoms with Crippen LogP contribution in [0.3, 0.4) is 0 Å². The molecule has 0 saturated heterocycles. The number of benzene rings is 3. The Bertz CT molecular complexity index is 1610. The van der Waals surface area contributed by atoms with Crippen LogP contribution in [0.2, 0.25) is 0 Å². The van der Waals surface area contributed by atoms with E-state index in [0.717, 1.165) is 39.7 Å². The number of hydrogen-bond donors (Lipinski definition) is 1. The van der Waals surface area contributed by atoms with Gasteiger partial charge in [0.05, 0.1) is 22.3 Å². The van der Waals surface area contributed by atoms with Gasteiger partial charge in [0.15, 0.2) is 4.80 Å². The summed E-state index contributed by atoms with van der Waals surface area (Å²) in [7, 11) is 0. The van der Waals surface area contributed by atoms with E-state index in [0.29, 0.717) is 20.6 Å². The van der Waals surface area contributed by atoms with Gasteiger partial charge in [-0.2, -0.15) is 0 Å². The summed E-state index contributed by atoms with van der Waals surface area (Å²) < 4.78 is 1.71. The van der Waals surface area contributed by atoms with Crippen LogP contribution in [0.1, 0.15) is 28.5 Å². The molecule has 6 heteroatoms. The van der Waals surface area contributed by atoms with Crippen LogP contribution in [-0.4, -0.2) is 15.6 Å². The fourth-order valence-electron chi connectivity index (χ4n) is 4.12. The van der Waals surface area contributed by atoms with Gasteiger partial charge in [0.1, 0.15) is 4.88 Å². The molecule has 1 N–H and O–H groups in total. The third kappa shape index (κ3) is 3.72. The first kappa shape index (κ1) is 21.1. The highest BCUT2D eigenvalue weighted by molar-refractivity contribution is 7.11. The van der Waals surface area contributed by atoms with Gasteiger partial charge in [0.25, 0.3) is 5.91 Å². The molecule has 0 unspecified atom stereocenters. The van der Waals surface area contributed by atoms with E-state index in [4.69, 9.17) is 4.99 Å². The molecule has 0 spiro atoms. The third-order valence-electron chi connectivity index (χ3n) is 5.71. The molecule has 5 nitrogen and oxygen atoms in total. The Kier molecular flexibility index (Phi) is 5.30. The van der Waals surface area contributed by atoms with E-state index in [2.05, 4.69) is 4.99 Å². The summed E-state index contributed by atoms with van der Waals surface area (Å²) in [5.74, 6) is -0.341. The Balaban J connectivity index is 1.84. The number of nitrogens with zero attached hydrogens (tertiary/aromatic N) is 3. The van der Waals surface area contributed by atoms with Gasteiger partial charge in [0, 0.05) is 5.22 Å². The van der Waals surface area contributed by atoms with Crippen LogP contribution in [0.25, 0.3) is 11.3 Å². The standard InChI is InChI=1S/C27H23N3O2S/c1-4-18-10-7-13-21-22(25(31)29-23(18)21)24-26(32)30(20-12-6-9-17(3)15-20)27(33-24)28-19-11-5-8-16(2)14-19/h5-15,32H,4H2,1-3H3.